The minimum Gasteiger partial charge on any atom is -0.480 e. The summed E-state index contributed by atoms with van der Waals surface area (Å²) in [6.07, 6.45) is 0. The van der Waals surface area contributed by atoms with E-state index in [0.29, 0.717) is 0 Å². The van der Waals surface area contributed by atoms with Crippen molar-refractivity contribution in [1.82, 2.24) is 0 Å². The van der Waals surface area contributed by atoms with E-state index in [-0.39, 0.29) is 0 Å². The SMILES string of the molecule is O=C(O)C(Sc1ccc2ccccc2c1)c1ccccc1. The van der Waals surface area contributed by atoms with Crippen LogP contribution in [-0.2, 0) is 4.79 Å². The van der Waals surface area contributed by atoms with Crippen LogP contribution in [-0.4, -0.2) is 11.1 Å². The van der Waals surface area contributed by atoms with Gasteiger partial charge >= 0.3 is 5.97 Å². The van der Waals surface area contributed by atoms with E-state index >= 15 is 0 Å². The summed E-state index contributed by atoms with van der Waals surface area (Å²) in [5.74, 6) is -0.820. The highest BCUT2D eigenvalue weighted by atomic mass is 32.2. The molecule has 0 fully saturated rings. The second-order valence-electron chi connectivity index (χ2n) is 4.76. The predicted molar refractivity (Wildman–Crippen MR) is 86.6 cm³/mol. The zero-order valence-electron chi connectivity index (χ0n) is 11.3. The van der Waals surface area contributed by atoms with E-state index < -0.39 is 11.2 Å². The maximum Gasteiger partial charge on any atom is 0.321 e. The quantitative estimate of drug-likeness (QED) is 0.705. The van der Waals surface area contributed by atoms with Crippen molar-refractivity contribution in [2.75, 3.05) is 0 Å². The first-order chi connectivity index (χ1) is 10.2. The van der Waals surface area contributed by atoms with Gasteiger partial charge < -0.3 is 5.11 Å². The van der Waals surface area contributed by atoms with Crippen molar-refractivity contribution in [2.45, 2.75) is 10.1 Å². The van der Waals surface area contributed by atoms with Gasteiger partial charge in [0.1, 0.15) is 5.25 Å². The summed E-state index contributed by atoms with van der Waals surface area (Å²) in [5.41, 5.74) is 0.808. The first-order valence-corrected chi connectivity index (χ1v) is 7.55. The minimum absolute atomic E-state index is 0.590. The lowest BCUT2D eigenvalue weighted by atomic mass is 10.1. The Morgan fingerprint density at radius 2 is 1.52 bits per heavy atom. The molecule has 3 heteroatoms. The fourth-order valence-electron chi connectivity index (χ4n) is 2.27. The third-order valence-electron chi connectivity index (χ3n) is 3.30. The molecular weight excluding hydrogens is 280 g/mol. The number of carboxylic acid groups (broad SMARTS) is 1. The van der Waals surface area contributed by atoms with Crippen LogP contribution in [0.5, 0.6) is 0 Å². The maximum absolute atomic E-state index is 11.5. The number of hydrogen-bond acceptors (Lipinski definition) is 2. The molecule has 0 aromatic heterocycles. The molecule has 0 aliphatic rings. The molecule has 1 N–H and O–H groups in total. The molecule has 0 radical (unpaired) electrons. The summed E-state index contributed by atoms with van der Waals surface area (Å²) in [6.45, 7) is 0. The van der Waals surface area contributed by atoms with Crippen LogP contribution >= 0.6 is 11.8 Å². The van der Waals surface area contributed by atoms with E-state index in [0.717, 1.165) is 21.2 Å². The lowest BCUT2D eigenvalue weighted by Gasteiger charge is -2.13. The highest BCUT2D eigenvalue weighted by Gasteiger charge is 2.20. The van der Waals surface area contributed by atoms with Crippen LogP contribution in [0, 0.1) is 0 Å². The van der Waals surface area contributed by atoms with Crippen LogP contribution in [0.2, 0.25) is 0 Å². The Hall–Kier alpha value is -2.26. The zero-order valence-corrected chi connectivity index (χ0v) is 12.1. The second kappa shape index (κ2) is 6.02. The van der Waals surface area contributed by atoms with Crippen LogP contribution in [0.15, 0.2) is 77.7 Å². The number of fused-ring (bicyclic) bond motifs is 1. The standard InChI is InChI=1S/C18H14O2S/c19-18(20)17(14-7-2-1-3-8-14)21-16-11-10-13-6-4-5-9-15(13)12-16/h1-12,17H,(H,19,20). The van der Waals surface area contributed by atoms with Gasteiger partial charge in [-0.25, -0.2) is 0 Å². The van der Waals surface area contributed by atoms with Crippen molar-refractivity contribution in [3.63, 3.8) is 0 Å². The number of benzene rings is 3. The fraction of sp³-hybridized carbons (Fsp3) is 0.0556. The van der Waals surface area contributed by atoms with Crippen LogP contribution in [0.4, 0.5) is 0 Å². The average molecular weight is 294 g/mol. The highest BCUT2D eigenvalue weighted by Crippen LogP contribution is 2.36. The van der Waals surface area contributed by atoms with Crippen molar-refractivity contribution in [1.29, 1.82) is 0 Å². The van der Waals surface area contributed by atoms with E-state index in [2.05, 4.69) is 6.07 Å². The molecule has 0 spiro atoms. The van der Waals surface area contributed by atoms with E-state index in [1.54, 1.807) is 0 Å². The van der Waals surface area contributed by atoms with Crippen molar-refractivity contribution < 1.29 is 9.90 Å². The molecule has 0 heterocycles. The molecule has 0 bridgehead atoms. The predicted octanol–water partition coefficient (Wildman–Crippen LogP) is 4.76. The molecule has 3 aromatic rings. The number of aliphatic carboxylic acids is 1. The van der Waals surface area contributed by atoms with Gasteiger partial charge in [0.25, 0.3) is 0 Å². The Labute approximate surface area is 127 Å². The number of rotatable bonds is 4. The summed E-state index contributed by atoms with van der Waals surface area (Å²) < 4.78 is 0. The van der Waals surface area contributed by atoms with Crippen molar-refractivity contribution in [2.24, 2.45) is 0 Å². The van der Waals surface area contributed by atoms with Crippen molar-refractivity contribution >= 4 is 28.5 Å². The molecule has 0 aliphatic heterocycles. The maximum atomic E-state index is 11.5. The first kappa shape index (κ1) is 13.7. The van der Waals surface area contributed by atoms with Crippen LogP contribution < -0.4 is 0 Å². The lowest BCUT2D eigenvalue weighted by Crippen LogP contribution is -2.07. The van der Waals surface area contributed by atoms with Crippen LogP contribution in [0.3, 0.4) is 0 Å². The Morgan fingerprint density at radius 3 is 2.24 bits per heavy atom. The topological polar surface area (TPSA) is 37.3 Å². The van der Waals surface area contributed by atoms with E-state index in [4.69, 9.17) is 0 Å². The Morgan fingerprint density at radius 1 is 0.857 bits per heavy atom. The second-order valence-corrected chi connectivity index (χ2v) is 5.93. The van der Waals surface area contributed by atoms with E-state index in [9.17, 15) is 9.90 Å². The average Bonchev–Trinajstić information content (AvgIpc) is 2.53. The largest absolute Gasteiger partial charge is 0.480 e. The molecule has 3 aromatic carbocycles. The number of carboxylic acids is 1. The molecule has 2 nitrogen and oxygen atoms in total. The third kappa shape index (κ3) is 3.09. The molecule has 0 amide bonds. The first-order valence-electron chi connectivity index (χ1n) is 6.67. The van der Waals surface area contributed by atoms with Crippen molar-refractivity contribution in [3.05, 3.63) is 78.4 Å². The molecule has 1 unspecified atom stereocenters. The van der Waals surface area contributed by atoms with Gasteiger partial charge in [0.2, 0.25) is 0 Å². The smallest absolute Gasteiger partial charge is 0.321 e. The van der Waals surface area contributed by atoms with E-state index in [1.807, 2.05) is 66.7 Å². The monoisotopic (exact) mass is 294 g/mol. The van der Waals surface area contributed by atoms with Crippen LogP contribution in [0.1, 0.15) is 10.8 Å². The summed E-state index contributed by atoms with van der Waals surface area (Å²) in [5, 5.41) is 11.2. The molecule has 0 saturated carbocycles. The molecule has 3 rings (SSSR count). The Kier molecular flexibility index (Phi) is 3.93. The van der Waals surface area contributed by atoms with Gasteiger partial charge in [-0.1, -0.05) is 60.7 Å². The van der Waals surface area contributed by atoms with E-state index in [1.165, 1.54) is 11.8 Å². The Bertz CT molecular complexity index is 768. The molecule has 1 atom stereocenters. The summed E-state index contributed by atoms with van der Waals surface area (Å²) in [7, 11) is 0. The summed E-state index contributed by atoms with van der Waals surface area (Å²) in [6, 6.07) is 23.5. The van der Waals surface area contributed by atoms with Gasteiger partial charge in [-0.05, 0) is 28.5 Å². The van der Waals surface area contributed by atoms with Gasteiger partial charge in [0.05, 0.1) is 0 Å². The number of carbonyl (C=O) groups is 1. The van der Waals surface area contributed by atoms with Gasteiger partial charge in [-0.3, -0.25) is 4.79 Å². The third-order valence-corrected chi connectivity index (χ3v) is 4.54. The van der Waals surface area contributed by atoms with Gasteiger partial charge in [0, 0.05) is 4.90 Å². The Balaban J connectivity index is 1.93. The molecule has 0 aliphatic carbocycles. The highest BCUT2D eigenvalue weighted by molar-refractivity contribution is 8.00. The fourth-order valence-corrected chi connectivity index (χ4v) is 3.27. The minimum atomic E-state index is -0.820. The molecule has 0 saturated heterocycles. The number of thioether (sulfide) groups is 1. The summed E-state index contributed by atoms with van der Waals surface area (Å²) >= 11 is 1.37. The normalized spacial score (nSPS) is 12.2. The zero-order chi connectivity index (χ0) is 14.7. The van der Waals surface area contributed by atoms with Gasteiger partial charge in [-0.2, -0.15) is 0 Å². The molecular formula is C18H14O2S. The van der Waals surface area contributed by atoms with Gasteiger partial charge in [-0.15, -0.1) is 11.8 Å². The number of hydrogen-bond donors (Lipinski definition) is 1. The van der Waals surface area contributed by atoms with Gasteiger partial charge in [0.15, 0.2) is 0 Å². The molecule has 21 heavy (non-hydrogen) atoms. The van der Waals surface area contributed by atoms with Crippen molar-refractivity contribution in [3.8, 4) is 0 Å². The van der Waals surface area contributed by atoms with Crippen LogP contribution in [0.25, 0.3) is 10.8 Å². The summed E-state index contributed by atoms with van der Waals surface area (Å²) in [4.78, 5) is 12.5. The lowest BCUT2D eigenvalue weighted by molar-refractivity contribution is -0.136. The molecule has 104 valence electrons.